The van der Waals surface area contributed by atoms with Gasteiger partial charge >= 0.3 is 5.97 Å². The van der Waals surface area contributed by atoms with Crippen molar-refractivity contribution in [1.82, 2.24) is 4.31 Å². The van der Waals surface area contributed by atoms with Crippen molar-refractivity contribution in [3.63, 3.8) is 0 Å². The van der Waals surface area contributed by atoms with Crippen LogP contribution in [-0.4, -0.2) is 75.4 Å². The molecule has 2 heterocycles. The van der Waals surface area contributed by atoms with Crippen molar-refractivity contribution in [2.45, 2.75) is 24.7 Å². The van der Waals surface area contributed by atoms with Gasteiger partial charge in [-0.15, -0.1) is 0 Å². The van der Waals surface area contributed by atoms with Gasteiger partial charge in [0.15, 0.2) is 5.78 Å². The third-order valence-corrected chi connectivity index (χ3v) is 7.23. The van der Waals surface area contributed by atoms with Crippen LogP contribution in [0.15, 0.2) is 23.1 Å². The Balaban J connectivity index is 1.74. The maximum Gasteiger partial charge on any atom is 0.309 e. The van der Waals surface area contributed by atoms with Crippen molar-refractivity contribution in [1.29, 1.82) is 0 Å². The number of benzene rings is 1. The second-order valence-corrected chi connectivity index (χ2v) is 9.43. The van der Waals surface area contributed by atoms with E-state index in [2.05, 4.69) is 0 Å². The van der Waals surface area contributed by atoms with Crippen molar-refractivity contribution >= 4 is 33.2 Å². The normalized spacial score (nSPS) is 18.5. The van der Waals surface area contributed by atoms with Crippen LogP contribution in [0, 0.1) is 16.0 Å². The Morgan fingerprint density at radius 2 is 1.84 bits per heavy atom. The van der Waals surface area contributed by atoms with Crippen LogP contribution in [0.4, 0.5) is 11.4 Å². The number of rotatable bonds is 7. The molecule has 2 aliphatic rings. The van der Waals surface area contributed by atoms with Crippen LogP contribution < -0.4 is 4.90 Å². The van der Waals surface area contributed by atoms with Crippen LogP contribution in [0.3, 0.4) is 0 Å². The topological polar surface area (TPSA) is 136 Å². The average Bonchev–Trinajstić information content (AvgIpc) is 2.77. The Hall–Kier alpha value is -2.57. The molecule has 1 aromatic carbocycles. The number of carbonyl (C=O) groups is 2. The number of ether oxygens (including phenoxy) is 2. The fourth-order valence-electron chi connectivity index (χ4n) is 3.66. The van der Waals surface area contributed by atoms with Crippen LogP contribution in [0.5, 0.6) is 0 Å². The predicted molar refractivity (Wildman–Crippen MR) is 109 cm³/mol. The summed E-state index contributed by atoms with van der Waals surface area (Å²) < 4.78 is 37.1. The Bertz CT molecular complexity index is 951. The Kier molecular flexibility index (Phi) is 7.23. The van der Waals surface area contributed by atoms with Crippen molar-refractivity contribution < 1.29 is 32.4 Å². The first kappa shape index (κ1) is 23.1. The number of morpholine rings is 1. The fourth-order valence-corrected chi connectivity index (χ4v) is 5.09. The molecule has 2 fully saturated rings. The number of sulfonamides is 1. The highest BCUT2D eigenvalue weighted by Gasteiger charge is 2.32. The number of hydrogen-bond acceptors (Lipinski definition) is 9. The molecule has 2 aliphatic heterocycles. The first-order chi connectivity index (χ1) is 14.7. The lowest BCUT2D eigenvalue weighted by Crippen LogP contribution is -2.40. The molecule has 0 spiro atoms. The predicted octanol–water partition coefficient (Wildman–Crippen LogP) is 0.964. The first-order valence-electron chi connectivity index (χ1n) is 9.97. The minimum Gasteiger partial charge on any atom is -0.457 e. The van der Waals surface area contributed by atoms with Crippen LogP contribution >= 0.6 is 0 Å². The van der Waals surface area contributed by atoms with Crippen LogP contribution in [-0.2, 0) is 29.1 Å². The molecule has 3 rings (SSSR count). The third kappa shape index (κ3) is 5.38. The number of esters is 1. The Morgan fingerprint density at radius 1 is 1.19 bits per heavy atom. The first-order valence-corrected chi connectivity index (χ1v) is 11.4. The molecule has 0 saturated carbocycles. The molecule has 0 aromatic heterocycles. The number of anilines is 1. The van der Waals surface area contributed by atoms with Gasteiger partial charge in [0.1, 0.15) is 12.3 Å². The molecule has 0 amide bonds. The van der Waals surface area contributed by atoms with E-state index in [1.807, 2.05) is 0 Å². The van der Waals surface area contributed by atoms with Gasteiger partial charge in [0.2, 0.25) is 10.0 Å². The number of nitrogens with zero attached hydrogens (tertiary/aromatic N) is 3. The summed E-state index contributed by atoms with van der Waals surface area (Å²) in [6.07, 6.45) is 0.837. The van der Waals surface area contributed by atoms with Crippen molar-refractivity contribution in [2.24, 2.45) is 5.92 Å². The summed E-state index contributed by atoms with van der Waals surface area (Å²) in [6.45, 7) is 2.77. The number of Topliss-reactive ketones (excluding diaryl/α,β-unsaturated/α-hetero) is 1. The van der Waals surface area contributed by atoms with Crippen molar-refractivity contribution in [3.8, 4) is 0 Å². The summed E-state index contributed by atoms with van der Waals surface area (Å²) in [7, 11) is -3.86. The van der Waals surface area contributed by atoms with Gasteiger partial charge in [0, 0.05) is 32.2 Å². The van der Waals surface area contributed by atoms with Gasteiger partial charge in [-0.3, -0.25) is 19.7 Å². The molecule has 31 heavy (non-hydrogen) atoms. The molecule has 0 aliphatic carbocycles. The number of ketones is 1. The van der Waals surface area contributed by atoms with Gasteiger partial charge in [-0.05, 0) is 31.9 Å². The minimum absolute atomic E-state index is 0.132. The third-order valence-electron chi connectivity index (χ3n) is 5.34. The average molecular weight is 455 g/mol. The van der Waals surface area contributed by atoms with E-state index in [0.29, 0.717) is 31.6 Å². The van der Waals surface area contributed by atoms with Crippen molar-refractivity contribution in [3.05, 3.63) is 28.3 Å². The van der Waals surface area contributed by atoms with E-state index in [1.54, 1.807) is 4.90 Å². The molecule has 12 heteroatoms. The van der Waals surface area contributed by atoms with Crippen LogP contribution in [0.2, 0.25) is 0 Å². The van der Waals surface area contributed by atoms with E-state index in [1.165, 1.54) is 23.4 Å². The SMILES string of the molecule is CC(=O)COC(=O)C1CCN(c2ccc(S(=O)(=O)N3CCOCC3)cc2[N+](=O)[O-])CC1. The Labute approximate surface area is 180 Å². The number of piperidine rings is 1. The maximum absolute atomic E-state index is 12.8. The zero-order valence-electron chi connectivity index (χ0n) is 17.2. The monoisotopic (exact) mass is 455 g/mol. The zero-order chi connectivity index (χ0) is 22.6. The van der Waals surface area contributed by atoms with Gasteiger partial charge in [0.25, 0.3) is 5.69 Å². The molecule has 170 valence electrons. The van der Waals surface area contributed by atoms with E-state index in [4.69, 9.17) is 9.47 Å². The molecule has 0 radical (unpaired) electrons. The summed E-state index contributed by atoms with van der Waals surface area (Å²) in [6, 6.07) is 3.91. The van der Waals surface area contributed by atoms with Crippen molar-refractivity contribution in [2.75, 3.05) is 50.9 Å². The lowest BCUT2D eigenvalue weighted by molar-refractivity contribution is -0.384. The quantitative estimate of drug-likeness (QED) is 0.334. The molecular weight excluding hydrogens is 430 g/mol. The largest absolute Gasteiger partial charge is 0.457 e. The molecule has 11 nitrogen and oxygen atoms in total. The summed E-state index contributed by atoms with van der Waals surface area (Å²) in [4.78, 5) is 35.7. The fraction of sp³-hybridized carbons (Fsp3) is 0.579. The highest BCUT2D eigenvalue weighted by molar-refractivity contribution is 7.89. The highest BCUT2D eigenvalue weighted by Crippen LogP contribution is 2.34. The standard InChI is InChI=1S/C19H25N3O8S/c1-14(23)13-30-19(24)15-4-6-20(7-5-15)17-3-2-16(12-18(17)22(25)26)31(27,28)21-8-10-29-11-9-21/h2-3,12,15H,4-11,13H2,1H3. The Morgan fingerprint density at radius 3 is 2.42 bits per heavy atom. The van der Waals surface area contributed by atoms with Gasteiger partial charge < -0.3 is 14.4 Å². The lowest BCUT2D eigenvalue weighted by Gasteiger charge is -2.32. The molecular formula is C19H25N3O8S. The lowest BCUT2D eigenvalue weighted by atomic mass is 9.96. The summed E-state index contributed by atoms with van der Waals surface area (Å²) in [5, 5.41) is 11.7. The van der Waals surface area contributed by atoms with E-state index < -0.39 is 20.9 Å². The maximum atomic E-state index is 12.8. The summed E-state index contributed by atoms with van der Waals surface area (Å²) in [5.41, 5.74) is 0.00780. The molecule has 0 N–H and O–H groups in total. The number of nitro benzene ring substituents is 1. The van der Waals surface area contributed by atoms with E-state index in [-0.39, 0.29) is 55.2 Å². The van der Waals surface area contributed by atoms with Crippen LogP contribution in [0.25, 0.3) is 0 Å². The van der Waals surface area contributed by atoms with E-state index in [9.17, 15) is 28.1 Å². The van der Waals surface area contributed by atoms with E-state index >= 15 is 0 Å². The van der Waals surface area contributed by atoms with Gasteiger partial charge in [-0.25, -0.2) is 8.42 Å². The van der Waals surface area contributed by atoms with Crippen LogP contribution in [0.1, 0.15) is 19.8 Å². The zero-order valence-corrected chi connectivity index (χ0v) is 18.0. The smallest absolute Gasteiger partial charge is 0.309 e. The highest BCUT2D eigenvalue weighted by atomic mass is 32.2. The van der Waals surface area contributed by atoms with E-state index in [0.717, 1.165) is 6.07 Å². The molecule has 1 aromatic rings. The van der Waals surface area contributed by atoms with Gasteiger partial charge in [0.05, 0.1) is 29.0 Å². The molecule has 0 unspecified atom stereocenters. The molecule has 0 bridgehead atoms. The molecule has 2 saturated heterocycles. The number of hydrogen-bond donors (Lipinski definition) is 0. The number of carbonyl (C=O) groups excluding carboxylic acids is 2. The molecule has 0 atom stereocenters. The summed E-state index contributed by atoms with van der Waals surface area (Å²) >= 11 is 0. The van der Waals surface area contributed by atoms with Gasteiger partial charge in [-0.2, -0.15) is 4.31 Å². The number of nitro groups is 1. The summed E-state index contributed by atoms with van der Waals surface area (Å²) in [5.74, 6) is -1.07. The van der Waals surface area contributed by atoms with Gasteiger partial charge in [-0.1, -0.05) is 0 Å². The second kappa shape index (κ2) is 9.71. The minimum atomic E-state index is -3.86. The second-order valence-electron chi connectivity index (χ2n) is 7.50.